The number of primary amides is 1. The van der Waals surface area contributed by atoms with Crippen LogP contribution >= 0.6 is 7.82 Å². The molecule has 0 saturated heterocycles. The molecule has 0 aliphatic rings. The van der Waals surface area contributed by atoms with Crippen molar-refractivity contribution in [2.45, 2.75) is 0 Å². The molecule has 0 aliphatic heterocycles. The molecule has 0 saturated carbocycles. The largest absolute Gasteiger partial charge is 0.466 e. The van der Waals surface area contributed by atoms with Gasteiger partial charge in [-0.05, 0) is 0 Å². The zero-order chi connectivity index (χ0) is 11.2. The van der Waals surface area contributed by atoms with Crippen molar-refractivity contribution in [3.63, 3.8) is 0 Å². The van der Waals surface area contributed by atoms with Crippen molar-refractivity contribution in [1.82, 2.24) is 4.90 Å². The van der Waals surface area contributed by atoms with Crippen LogP contribution in [0.3, 0.4) is 0 Å². The Balaban J connectivity index is 0. The van der Waals surface area contributed by atoms with Gasteiger partial charge >= 0.3 is 13.9 Å². The van der Waals surface area contributed by atoms with E-state index >= 15 is 0 Å². The SMILES string of the molecule is CN(C(=N)N)C(N)=O.O=P(O)(O)O. The van der Waals surface area contributed by atoms with E-state index in [0.717, 1.165) is 4.90 Å². The number of phosphoric acid groups is 1. The van der Waals surface area contributed by atoms with Crippen LogP contribution in [-0.2, 0) is 4.57 Å². The van der Waals surface area contributed by atoms with Gasteiger partial charge in [-0.1, -0.05) is 0 Å². The average molecular weight is 214 g/mol. The first kappa shape index (κ1) is 14.4. The van der Waals surface area contributed by atoms with Crippen LogP contribution in [0.2, 0.25) is 0 Å². The van der Waals surface area contributed by atoms with Gasteiger partial charge in [-0.15, -0.1) is 0 Å². The van der Waals surface area contributed by atoms with Crippen LogP contribution < -0.4 is 11.5 Å². The number of amides is 2. The molecule has 0 aromatic carbocycles. The Morgan fingerprint density at radius 1 is 1.38 bits per heavy atom. The Hall–Kier alpha value is -1.15. The van der Waals surface area contributed by atoms with Gasteiger partial charge in [0.1, 0.15) is 0 Å². The number of rotatable bonds is 0. The fraction of sp³-hybridized carbons (Fsp3) is 0.333. The standard InChI is InChI=1S/C3H8N4O.H3O4P/c1-7(2(4)5)3(6)8;1-5(2,3)4/h1H3,(H3,4,5)(H2,6,8);(H3,1,2,3,4). The third kappa shape index (κ3) is 18.1. The van der Waals surface area contributed by atoms with Crippen molar-refractivity contribution in [1.29, 1.82) is 5.41 Å². The van der Waals surface area contributed by atoms with E-state index in [1.165, 1.54) is 7.05 Å². The molecule has 13 heavy (non-hydrogen) atoms. The molecule has 0 aromatic heterocycles. The molecule has 0 rings (SSSR count). The van der Waals surface area contributed by atoms with Gasteiger partial charge in [0.2, 0.25) is 0 Å². The summed E-state index contributed by atoms with van der Waals surface area (Å²) < 4.78 is 8.88. The van der Waals surface area contributed by atoms with Crippen molar-refractivity contribution in [3.05, 3.63) is 0 Å². The summed E-state index contributed by atoms with van der Waals surface area (Å²) in [5, 5.41) is 6.63. The number of nitrogens with zero attached hydrogens (tertiary/aromatic N) is 1. The molecular formula is C3H11N4O5P. The second kappa shape index (κ2) is 5.49. The minimum Gasteiger partial charge on any atom is -0.370 e. The highest BCUT2D eigenvalue weighted by Gasteiger charge is 2.02. The van der Waals surface area contributed by atoms with Gasteiger partial charge in [-0.3, -0.25) is 10.3 Å². The summed E-state index contributed by atoms with van der Waals surface area (Å²) in [6.07, 6.45) is 0. The van der Waals surface area contributed by atoms with E-state index in [9.17, 15) is 4.79 Å². The smallest absolute Gasteiger partial charge is 0.370 e. The molecule has 8 N–H and O–H groups in total. The van der Waals surface area contributed by atoms with Crippen molar-refractivity contribution in [2.24, 2.45) is 11.5 Å². The van der Waals surface area contributed by atoms with Gasteiger partial charge in [-0.2, -0.15) is 0 Å². The summed E-state index contributed by atoms with van der Waals surface area (Å²) in [5.74, 6) is -0.350. The molecular weight excluding hydrogens is 203 g/mol. The lowest BCUT2D eigenvalue weighted by Crippen LogP contribution is -2.41. The minimum absolute atomic E-state index is 0.350. The number of hydrogen-bond acceptors (Lipinski definition) is 3. The van der Waals surface area contributed by atoms with Crippen molar-refractivity contribution in [3.8, 4) is 0 Å². The zero-order valence-electron chi connectivity index (χ0n) is 6.71. The zero-order valence-corrected chi connectivity index (χ0v) is 7.60. The Morgan fingerprint density at radius 2 is 1.62 bits per heavy atom. The van der Waals surface area contributed by atoms with Crippen LogP contribution in [0.5, 0.6) is 0 Å². The summed E-state index contributed by atoms with van der Waals surface area (Å²) >= 11 is 0. The lowest BCUT2D eigenvalue weighted by molar-refractivity contribution is 0.235. The maximum absolute atomic E-state index is 10.1. The van der Waals surface area contributed by atoms with Gasteiger partial charge in [-0.25, -0.2) is 9.36 Å². The Morgan fingerprint density at radius 3 is 1.62 bits per heavy atom. The molecule has 0 spiro atoms. The maximum Gasteiger partial charge on any atom is 0.466 e. The number of urea groups is 1. The third-order valence-electron chi connectivity index (χ3n) is 0.692. The van der Waals surface area contributed by atoms with Crippen molar-refractivity contribution in [2.75, 3.05) is 7.05 Å². The first-order valence-electron chi connectivity index (χ1n) is 2.71. The number of nitrogens with one attached hydrogen (secondary N) is 1. The molecule has 0 aromatic rings. The topological polar surface area (TPSA) is 174 Å². The highest BCUT2D eigenvalue weighted by molar-refractivity contribution is 7.45. The quantitative estimate of drug-likeness (QED) is 0.154. The monoisotopic (exact) mass is 214 g/mol. The lowest BCUT2D eigenvalue weighted by Gasteiger charge is -2.09. The molecule has 0 aliphatic carbocycles. The third-order valence-corrected chi connectivity index (χ3v) is 0.692. The van der Waals surface area contributed by atoms with E-state index in [4.69, 9.17) is 36.1 Å². The average Bonchev–Trinajstić information content (AvgIpc) is 1.81. The summed E-state index contributed by atoms with van der Waals surface area (Å²) in [7, 11) is -3.31. The molecule has 2 amide bonds. The van der Waals surface area contributed by atoms with E-state index < -0.39 is 13.9 Å². The minimum atomic E-state index is -4.64. The predicted octanol–water partition coefficient (Wildman–Crippen LogP) is -2.04. The second-order valence-electron chi connectivity index (χ2n) is 1.80. The van der Waals surface area contributed by atoms with E-state index in [-0.39, 0.29) is 5.96 Å². The van der Waals surface area contributed by atoms with Crippen LogP contribution in [0.15, 0.2) is 0 Å². The molecule has 0 fully saturated rings. The molecule has 0 unspecified atom stereocenters. The van der Waals surface area contributed by atoms with Crippen LogP contribution in [0.25, 0.3) is 0 Å². The second-order valence-corrected chi connectivity index (χ2v) is 2.82. The van der Waals surface area contributed by atoms with Gasteiger partial charge in [0, 0.05) is 7.05 Å². The predicted molar refractivity (Wildman–Crippen MR) is 43.5 cm³/mol. The molecule has 78 valence electrons. The van der Waals surface area contributed by atoms with Crippen LogP contribution in [-0.4, -0.2) is 38.6 Å². The summed E-state index contributed by atoms with van der Waals surface area (Å²) in [6.45, 7) is 0. The highest BCUT2D eigenvalue weighted by atomic mass is 31.2. The normalized spacial score (nSPS) is 9.54. The Kier molecular flexibility index (Phi) is 6.07. The van der Waals surface area contributed by atoms with Crippen LogP contribution in [0.4, 0.5) is 4.79 Å². The number of carbonyl (C=O) groups is 1. The molecule has 0 atom stereocenters. The summed E-state index contributed by atoms with van der Waals surface area (Å²) in [5.41, 5.74) is 9.55. The van der Waals surface area contributed by atoms with E-state index in [1.807, 2.05) is 0 Å². The van der Waals surface area contributed by atoms with E-state index in [0.29, 0.717) is 0 Å². The van der Waals surface area contributed by atoms with Gasteiger partial charge in [0.05, 0.1) is 0 Å². The summed E-state index contributed by atoms with van der Waals surface area (Å²) in [6, 6.07) is -0.725. The fourth-order valence-corrected chi connectivity index (χ4v) is 0.119. The molecule has 0 radical (unpaired) electrons. The summed E-state index contributed by atoms with van der Waals surface area (Å²) in [4.78, 5) is 32.5. The van der Waals surface area contributed by atoms with E-state index in [1.54, 1.807) is 0 Å². The molecule has 0 bridgehead atoms. The van der Waals surface area contributed by atoms with Crippen LogP contribution in [0.1, 0.15) is 0 Å². The molecule has 10 heteroatoms. The maximum atomic E-state index is 10.1. The van der Waals surface area contributed by atoms with Gasteiger partial charge in [0.25, 0.3) is 0 Å². The van der Waals surface area contributed by atoms with Crippen molar-refractivity contribution < 1.29 is 24.0 Å². The number of guanidine groups is 1. The van der Waals surface area contributed by atoms with Gasteiger partial charge < -0.3 is 26.1 Å². The number of hydrogen-bond donors (Lipinski definition) is 6. The highest BCUT2D eigenvalue weighted by Crippen LogP contribution is 2.25. The van der Waals surface area contributed by atoms with E-state index in [2.05, 4.69) is 0 Å². The molecule has 9 nitrogen and oxygen atoms in total. The Labute approximate surface area is 73.7 Å². The number of carbonyl (C=O) groups excluding carboxylic acids is 1. The van der Waals surface area contributed by atoms with Crippen LogP contribution in [0, 0.1) is 5.41 Å². The van der Waals surface area contributed by atoms with Gasteiger partial charge in [0.15, 0.2) is 5.96 Å². The fourth-order valence-electron chi connectivity index (χ4n) is 0.119. The molecule has 0 heterocycles. The Bertz CT molecular complexity index is 214. The first-order chi connectivity index (χ1) is 5.55. The number of nitrogens with two attached hydrogens (primary N) is 2. The lowest BCUT2D eigenvalue weighted by atomic mass is 10.8. The first-order valence-corrected chi connectivity index (χ1v) is 4.27. The van der Waals surface area contributed by atoms with Crippen molar-refractivity contribution >= 4 is 19.8 Å².